The van der Waals surface area contributed by atoms with Crippen LogP contribution in [0.3, 0.4) is 0 Å². The van der Waals surface area contributed by atoms with E-state index in [1.165, 1.54) is 0 Å². The van der Waals surface area contributed by atoms with E-state index < -0.39 is 6.04 Å². The second-order valence-electron chi connectivity index (χ2n) is 5.00. The molecule has 3 amide bonds. The molecule has 0 aromatic heterocycles. The van der Waals surface area contributed by atoms with Crippen LogP contribution >= 0.6 is 23.2 Å². The Labute approximate surface area is 133 Å². The molecule has 0 bridgehead atoms. The van der Waals surface area contributed by atoms with Crippen LogP contribution in [0.1, 0.15) is 31.4 Å². The van der Waals surface area contributed by atoms with Crippen molar-refractivity contribution < 1.29 is 9.59 Å². The topological polar surface area (TPSA) is 70.2 Å². The van der Waals surface area contributed by atoms with E-state index in [9.17, 15) is 9.59 Å². The average molecular weight is 330 g/mol. The van der Waals surface area contributed by atoms with Crippen LogP contribution in [0, 0.1) is 0 Å². The maximum atomic E-state index is 11.9. The monoisotopic (exact) mass is 329 g/mol. The molecule has 5 nitrogen and oxygen atoms in total. The average Bonchev–Trinajstić information content (AvgIpc) is 2.44. The minimum absolute atomic E-state index is 0.140. The second-order valence-corrected chi connectivity index (χ2v) is 5.81. The van der Waals surface area contributed by atoms with Gasteiger partial charge >= 0.3 is 6.03 Å². The summed E-state index contributed by atoms with van der Waals surface area (Å²) in [5.74, 6) is -0.140. The smallest absolute Gasteiger partial charge is 0.315 e. The Morgan fingerprint density at radius 1 is 1.38 bits per heavy atom. The van der Waals surface area contributed by atoms with E-state index in [1.807, 2.05) is 6.92 Å². The predicted octanol–water partition coefficient (Wildman–Crippen LogP) is 2.63. The molecule has 1 aliphatic heterocycles. The molecular weight excluding hydrogens is 313 g/mol. The van der Waals surface area contributed by atoms with Crippen LogP contribution < -0.4 is 16.0 Å². The van der Waals surface area contributed by atoms with Gasteiger partial charge in [0.15, 0.2) is 0 Å². The van der Waals surface area contributed by atoms with E-state index in [2.05, 4.69) is 16.0 Å². The summed E-state index contributed by atoms with van der Waals surface area (Å²) < 4.78 is 0. The highest BCUT2D eigenvalue weighted by Crippen LogP contribution is 2.25. The third-order valence-electron chi connectivity index (χ3n) is 3.38. The van der Waals surface area contributed by atoms with Gasteiger partial charge in [-0.05, 0) is 37.5 Å². The summed E-state index contributed by atoms with van der Waals surface area (Å²) in [7, 11) is 0. The Balaban J connectivity index is 1.92. The van der Waals surface area contributed by atoms with Gasteiger partial charge < -0.3 is 16.0 Å². The number of rotatable bonds is 3. The van der Waals surface area contributed by atoms with Gasteiger partial charge in [0, 0.05) is 6.54 Å². The van der Waals surface area contributed by atoms with Crippen molar-refractivity contribution in [3.63, 3.8) is 0 Å². The largest absolute Gasteiger partial charge is 0.354 e. The molecule has 1 fully saturated rings. The first kappa shape index (κ1) is 15.9. The first-order chi connectivity index (χ1) is 9.97. The molecule has 3 N–H and O–H groups in total. The molecule has 1 saturated heterocycles. The fourth-order valence-electron chi connectivity index (χ4n) is 2.17. The Kier molecular flexibility index (Phi) is 5.31. The molecular formula is C14H17Cl2N3O2. The molecule has 1 heterocycles. The van der Waals surface area contributed by atoms with Crippen LogP contribution in [0.2, 0.25) is 10.0 Å². The molecule has 0 saturated carbocycles. The third-order valence-corrected chi connectivity index (χ3v) is 4.12. The Bertz CT molecular complexity index is 551. The van der Waals surface area contributed by atoms with Gasteiger partial charge in [-0.25, -0.2) is 4.79 Å². The van der Waals surface area contributed by atoms with Gasteiger partial charge in [0.1, 0.15) is 6.04 Å². The molecule has 0 unspecified atom stereocenters. The van der Waals surface area contributed by atoms with Crippen LogP contribution in [-0.4, -0.2) is 24.5 Å². The normalized spacial score (nSPS) is 19.6. The van der Waals surface area contributed by atoms with Crippen molar-refractivity contribution in [1.82, 2.24) is 16.0 Å². The van der Waals surface area contributed by atoms with Crippen LogP contribution in [0.25, 0.3) is 0 Å². The number of hydrogen-bond acceptors (Lipinski definition) is 2. The summed E-state index contributed by atoms with van der Waals surface area (Å²) in [4.78, 5) is 23.5. The standard InChI is InChI=1S/C14H17Cl2N3O2/c1-8(9-4-5-10(15)11(16)7-9)18-14(21)19-12-3-2-6-17-13(12)20/h4-5,7-8,12H,2-3,6H2,1H3,(H,17,20)(H2,18,19,21)/t8-,12+/m0/s1. The summed E-state index contributed by atoms with van der Waals surface area (Å²) in [6.07, 6.45) is 1.51. The van der Waals surface area contributed by atoms with E-state index in [1.54, 1.807) is 18.2 Å². The SMILES string of the molecule is C[C@H](NC(=O)N[C@@H]1CCCNC1=O)c1ccc(Cl)c(Cl)c1. The molecule has 114 valence electrons. The van der Waals surface area contributed by atoms with Crippen LogP contribution in [0.4, 0.5) is 4.79 Å². The van der Waals surface area contributed by atoms with Crippen LogP contribution in [0.5, 0.6) is 0 Å². The number of amides is 3. The summed E-state index contributed by atoms with van der Waals surface area (Å²) in [5, 5.41) is 9.08. The van der Waals surface area contributed by atoms with Gasteiger partial charge in [-0.2, -0.15) is 0 Å². The summed E-state index contributed by atoms with van der Waals surface area (Å²) in [6, 6.07) is 4.10. The van der Waals surface area contributed by atoms with Crippen molar-refractivity contribution in [2.75, 3.05) is 6.54 Å². The fraction of sp³-hybridized carbons (Fsp3) is 0.429. The predicted molar refractivity (Wildman–Crippen MR) is 82.6 cm³/mol. The van der Waals surface area contributed by atoms with Crippen molar-refractivity contribution >= 4 is 35.1 Å². The fourth-order valence-corrected chi connectivity index (χ4v) is 2.48. The lowest BCUT2D eigenvalue weighted by atomic mass is 10.1. The highest BCUT2D eigenvalue weighted by Gasteiger charge is 2.24. The number of benzene rings is 1. The summed E-state index contributed by atoms with van der Waals surface area (Å²) in [5.41, 5.74) is 0.840. The minimum atomic E-state index is -0.472. The quantitative estimate of drug-likeness (QED) is 0.797. The van der Waals surface area contributed by atoms with Crippen LogP contribution in [-0.2, 0) is 4.79 Å². The number of piperidine rings is 1. The zero-order valence-corrected chi connectivity index (χ0v) is 13.1. The van der Waals surface area contributed by atoms with Crippen LogP contribution in [0.15, 0.2) is 18.2 Å². The van der Waals surface area contributed by atoms with E-state index in [0.29, 0.717) is 23.0 Å². The summed E-state index contributed by atoms with van der Waals surface area (Å²) >= 11 is 11.8. The highest BCUT2D eigenvalue weighted by atomic mass is 35.5. The maximum Gasteiger partial charge on any atom is 0.315 e. The zero-order valence-electron chi connectivity index (χ0n) is 11.6. The molecule has 1 aromatic carbocycles. The Hall–Kier alpha value is -1.46. The zero-order chi connectivity index (χ0) is 15.4. The number of carbonyl (C=O) groups is 2. The molecule has 2 atom stereocenters. The Morgan fingerprint density at radius 2 is 2.14 bits per heavy atom. The third kappa shape index (κ3) is 4.25. The number of carbonyl (C=O) groups excluding carboxylic acids is 2. The number of nitrogens with one attached hydrogen (secondary N) is 3. The lowest BCUT2D eigenvalue weighted by Crippen LogP contribution is -2.52. The number of urea groups is 1. The minimum Gasteiger partial charge on any atom is -0.354 e. The first-order valence-electron chi connectivity index (χ1n) is 6.77. The Morgan fingerprint density at radius 3 is 2.81 bits per heavy atom. The first-order valence-corrected chi connectivity index (χ1v) is 7.52. The van der Waals surface area contributed by atoms with Crippen molar-refractivity contribution in [1.29, 1.82) is 0 Å². The lowest BCUT2D eigenvalue weighted by molar-refractivity contribution is -0.124. The van der Waals surface area contributed by atoms with Crippen molar-refractivity contribution in [3.05, 3.63) is 33.8 Å². The molecule has 0 spiro atoms. The molecule has 2 rings (SSSR count). The van der Waals surface area contributed by atoms with E-state index in [4.69, 9.17) is 23.2 Å². The van der Waals surface area contributed by atoms with Crippen molar-refractivity contribution in [2.24, 2.45) is 0 Å². The van der Waals surface area contributed by atoms with Gasteiger partial charge in [0.2, 0.25) is 5.91 Å². The van der Waals surface area contributed by atoms with Gasteiger partial charge in [-0.15, -0.1) is 0 Å². The van der Waals surface area contributed by atoms with Gasteiger partial charge in [0.05, 0.1) is 16.1 Å². The molecule has 0 aliphatic carbocycles. The highest BCUT2D eigenvalue weighted by molar-refractivity contribution is 6.42. The van der Waals surface area contributed by atoms with Crippen molar-refractivity contribution in [3.8, 4) is 0 Å². The molecule has 1 aromatic rings. The molecule has 7 heteroatoms. The molecule has 1 aliphatic rings. The summed E-state index contributed by atoms with van der Waals surface area (Å²) in [6.45, 7) is 2.50. The number of halogens is 2. The van der Waals surface area contributed by atoms with Gasteiger partial charge in [-0.3, -0.25) is 4.79 Å². The maximum absolute atomic E-state index is 11.9. The van der Waals surface area contributed by atoms with E-state index >= 15 is 0 Å². The van der Waals surface area contributed by atoms with Crippen molar-refractivity contribution in [2.45, 2.75) is 31.8 Å². The van der Waals surface area contributed by atoms with E-state index in [-0.39, 0.29) is 18.0 Å². The van der Waals surface area contributed by atoms with Gasteiger partial charge in [0.25, 0.3) is 0 Å². The van der Waals surface area contributed by atoms with Gasteiger partial charge in [-0.1, -0.05) is 29.3 Å². The molecule has 21 heavy (non-hydrogen) atoms. The second kappa shape index (κ2) is 7.00. The lowest BCUT2D eigenvalue weighted by Gasteiger charge is -2.24. The van der Waals surface area contributed by atoms with E-state index in [0.717, 1.165) is 12.0 Å². The number of hydrogen-bond donors (Lipinski definition) is 3. The molecule has 0 radical (unpaired) electrons.